The molecule has 0 N–H and O–H groups in total. The molecule has 0 aliphatic heterocycles. The van der Waals surface area contributed by atoms with Crippen LogP contribution in [-0.2, 0) is 14.9 Å². The molecule has 0 fully saturated rings. The smallest absolute Gasteiger partial charge is 0.744 e. The van der Waals surface area contributed by atoms with Gasteiger partial charge in [0.25, 0.3) is 0 Å². The van der Waals surface area contributed by atoms with Crippen molar-refractivity contribution in [1.82, 2.24) is 0 Å². The van der Waals surface area contributed by atoms with Gasteiger partial charge in [0.15, 0.2) is 0 Å². The van der Waals surface area contributed by atoms with Gasteiger partial charge >= 0.3 is 57.4 Å². The van der Waals surface area contributed by atoms with Crippen LogP contribution in [0.3, 0.4) is 0 Å². The zero-order valence-corrected chi connectivity index (χ0v) is 25.6. The molecule has 3 aromatic rings. The molecule has 3 rings (SSSR count). The Hall–Kier alpha value is -1.46. The predicted octanol–water partition coefficient (Wildman–Crippen LogP) is 4.99. The third kappa shape index (κ3) is 10.7. The molecule has 0 saturated carbocycles. The molecule has 3 aromatic carbocycles. The van der Waals surface area contributed by atoms with E-state index in [0.29, 0.717) is 23.5 Å². The molecule has 0 aliphatic rings. The summed E-state index contributed by atoms with van der Waals surface area (Å²) in [7, 11) is -4.51. The van der Waals surface area contributed by atoms with Gasteiger partial charge in [-0.2, -0.15) is 5.11 Å². The maximum Gasteiger partial charge on any atom is 1.00 e. The van der Waals surface area contributed by atoms with E-state index in [2.05, 4.69) is 17.2 Å². The van der Waals surface area contributed by atoms with Crippen LogP contribution in [0.5, 0.6) is 5.75 Å². The van der Waals surface area contributed by atoms with Gasteiger partial charge in [-0.15, -0.1) is 5.11 Å². The summed E-state index contributed by atoms with van der Waals surface area (Å²) < 4.78 is 38.9. The van der Waals surface area contributed by atoms with Gasteiger partial charge in [0.05, 0.1) is 16.3 Å². The van der Waals surface area contributed by atoms with Crippen molar-refractivity contribution >= 4 is 38.2 Å². The van der Waals surface area contributed by atoms with E-state index in [9.17, 15) is 17.8 Å². The van der Waals surface area contributed by atoms with Crippen molar-refractivity contribution in [2.45, 2.75) is 76.0 Å². The molecule has 0 amide bonds. The zero-order valence-electron chi connectivity index (χ0n) is 21.7. The van der Waals surface area contributed by atoms with E-state index in [1.165, 1.54) is 62.8 Å². The number of hydrogen-bond donors (Lipinski definition) is 0. The molecule has 192 valence electrons. The number of esters is 1. The average molecular weight is 549 g/mol. The summed E-state index contributed by atoms with van der Waals surface area (Å²) in [4.78, 5) is 12.1. The van der Waals surface area contributed by atoms with E-state index in [4.69, 9.17) is 4.74 Å². The molecule has 0 radical (unpaired) electrons. The third-order valence-corrected chi connectivity index (χ3v) is 6.82. The molecule has 7 nitrogen and oxygen atoms in total. The topological polar surface area (TPSA) is 108 Å². The number of carbonyl (C=O) groups excluding carboxylic acids is 1. The summed E-state index contributed by atoms with van der Waals surface area (Å²) in [6.07, 6.45) is 11.1. The van der Waals surface area contributed by atoms with Crippen molar-refractivity contribution in [2.24, 2.45) is 10.2 Å². The van der Waals surface area contributed by atoms with Gasteiger partial charge in [-0.3, -0.25) is 4.79 Å². The Morgan fingerprint density at radius 1 is 0.784 bits per heavy atom. The summed E-state index contributed by atoms with van der Waals surface area (Å²) in [6.45, 7) is 2.22. The predicted molar refractivity (Wildman–Crippen MR) is 140 cm³/mol. The van der Waals surface area contributed by atoms with Crippen molar-refractivity contribution < 1.29 is 73.9 Å². The summed E-state index contributed by atoms with van der Waals surface area (Å²) in [5, 5.41) is 9.95. The Balaban J connectivity index is 0.00000481. The molecule has 0 bridgehead atoms. The summed E-state index contributed by atoms with van der Waals surface area (Å²) >= 11 is 0. The van der Waals surface area contributed by atoms with E-state index >= 15 is 0 Å². The van der Waals surface area contributed by atoms with Gasteiger partial charge in [-0.1, -0.05) is 82.6 Å². The minimum Gasteiger partial charge on any atom is -0.744 e. The first-order valence-electron chi connectivity index (χ1n) is 12.6. The van der Waals surface area contributed by atoms with Crippen molar-refractivity contribution in [3.05, 3.63) is 60.7 Å². The molecule has 0 aromatic heterocycles. The van der Waals surface area contributed by atoms with Gasteiger partial charge in [0.2, 0.25) is 0 Å². The molecule has 37 heavy (non-hydrogen) atoms. The Labute approximate surface area is 262 Å². The molecule has 0 saturated heterocycles. The van der Waals surface area contributed by atoms with Crippen LogP contribution < -0.4 is 56.1 Å². The Morgan fingerprint density at radius 3 is 2.00 bits per heavy atom. The number of rotatable bonds is 14. The minimum atomic E-state index is -4.51. The first kappa shape index (κ1) is 31.8. The number of benzene rings is 3. The van der Waals surface area contributed by atoms with Gasteiger partial charge in [0, 0.05) is 17.2 Å². The maximum atomic E-state index is 12.4. The normalized spacial score (nSPS) is 11.5. The number of ether oxygens (including phenoxy) is 1. The van der Waals surface area contributed by atoms with Crippen LogP contribution in [0.25, 0.3) is 10.8 Å². The van der Waals surface area contributed by atoms with Crippen molar-refractivity contribution in [3.63, 3.8) is 0 Å². The number of carbonyl (C=O) groups is 1. The van der Waals surface area contributed by atoms with Crippen LogP contribution >= 0.6 is 0 Å². The molecular formula is C28H33KN2O5S. The fraction of sp³-hybridized carbons (Fsp3) is 0.393. The minimum absolute atomic E-state index is 0. The first-order chi connectivity index (χ1) is 17.4. The van der Waals surface area contributed by atoms with Crippen molar-refractivity contribution in [3.8, 4) is 5.75 Å². The zero-order chi connectivity index (χ0) is 25.8. The molecule has 0 atom stereocenters. The quantitative estimate of drug-likeness (QED) is 0.0704. The molecule has 9 heteroatoms. The molecular weight excluding hydrogens is 515 g/mol. The monoisotopic (exact) mass is 548 g/mol. The van der Waals surface area contributed by atoms with Gasteiger partial charge in [-0.05, 0) is 42.8 Å². The van der Waals surface area contributed by atoms with Crippen LogP contribution in [-0.4, -0.2) is 18.9 Å². The van der Waals surface area contributed by atoms with E-state index in [-0.39, 0.29) is 62.2 Å². The maximum absolute atomic E-state index is 12.4. The van der Waals surface area contributed by atoms with Crippen LogP contribution in [0.15, 0.2) is 75.8 Å². The van der Waals surface area contributed by atoms with Gasteiger partial charge < -0.3 is 9.29 Å². The summed E-state index contributed by atoms with van der Waals surface area (Å²) in [5.41, 5.74) is 0.979. The number of fused-ring (bicyclic) bond motifs is 1. The molecule has 0 heterocycles. The first-order valence-corrected chi connectivity index (χ1v) is 14.0. The van der Waals surface area contributed by atoms with Gasteiger partial charge in [-0.25, -0.2) is 8.42 Å². The largest absolute Gasteiger partial charge is 1.00 e. The van der Waals surface area contributed by atoms with E-state index in [0.717, 1.165) is 30.0 Å². The van der Waals surface area contributed by atoms with Crippen molar-refractivity contribution in [2.75, 3.05) is 0 Å². The fourth-order valence-corrected chi connectivity index (χ4v) is 4.45. The fourth-order valence-electron chi connectivity index (χ4n) is 3.98. The van der Waals surface area contributed by atoms with Crippen molar-refractivity contribution in [1.29, 1.82) is 0 Å². The van der Waals surface area contributed by atoms with Gasteiger partial charge in [0.1, 0.15) is 15.9 Å². The third-order valence-electron chi connectivity index (χ3n) is 5.97. The number of nitrogens with zero attached hydrogens (tertiary/aromatic N) is 2. The van der Waals surface area contributed by atoms with Crippen LogP contribution in [0.4, 0.5) is 11.4 Å². The average Bonchev–Trinajstić information content (AvgIpc) is 2.87. The Bertz CT molecular complexity index is 1280. The number of unbranched alkanes of at least 4 members (excludes halogenated alkanes) is 8. The second-order valence-corrected chi connectivity index (χ2v) is 10.2. The summed E-state index contributed by atoms with van der Waals surface area (Å²) in [6, 6.07) is 16.1. The molecule has 0 unspecified atom stereocenters. The Morgan fingerprint density at radius 2 is 1.38 bits per heavy atom. The SMILES string of the molecule is CCCCCCCCCCCC(=O)Oc1ccc(N=Nc2ccc(S(=O)(=O)[O-])cc2)c2ccccc12.[K+]. The van der Waals surface area contributed by atoms with E-state index in [1.54, 1.807) is 12.1 Å². The summed E-state index contributed by atoms with van der Waals surface area (Å²) in [5.74, 6) is 0.237. The second-order valence-electron chi connectivity index (χ2n) is 8.83. The van der Waals surface area contributed by atoms with E-state index in [1.807, 2.05) is 24.3 Å². The second kappa shape index (κ2) is 16.5. The van der Waals surface area contributed by atoms with Crippen LogP contribution in [0.2, 0.25) is 0 Å². The standard InChI is InChI=1S/C28H34N2O5S.K/c1-2-3-4-5-6-7-8-9-10-15-28(31)35-27-21-20-26(24-13-11-12-14-25(24)27)30-29-22-16-18-23(19-17-22)36(32,33)34;/h11-14,16-21H,2-10,15H2,1H3,(H,32,33,34);/q;+1/p-1. The number of azo groups is 1. The Kier molecular flexibility index (Phi) is 14.1. The number of hydrogen-bond acceptors (Lipinski definition) is 7. The molecule has 0 aliphatic carbocycles. The van der Waals surface area contributed by atoms with E-state index < -0.39 is 10.1 Å². The van der Waals surface area contributed by atoms with Crippen LogP contribution in [0.1, 0.15) is 71.1 Å². The molecule has 0 spiro atoms. The van der Waals surface area contributed by atoms with Crippen LogP contribution in [0, 0.1) is 0 Å².